The molecule has 1 nitrogen and oxygen atoms in total. The van der Waals surface area contributed by atoms with Gasteiger partial charge in [-0.2, -0.15) is 0 Å². The van der Waals surface area contributed by atoms with Crippen LogP contribution in [0.1, 0.15) is 51.9 Å². The molecule has 0 aromatic carbocycles. The van der Waals surface area contributed by atoms with Crippen LogP contribution in [0.15, 0.2) is 0 Å². The summed E-state index contributed by atoms with van der Waals surface area (Å²) >= 11 is 0. The van der Waals surface area contributed by atoms with Gasteiger partial charge in [0.2, 0.25) is 0 Å². The maximum atomic E-state index is 3.78. The van der Waals surface area contributed by atoms with Crippen molar-refractivity contribution in [2.45, 2.75) is 64.0 Å². The highest BCUT2D eigenvalue weighted by Gasteiger charge is 2.29. The van der Waals surface area contributed by atoms with Gasteiger partial charge in [0.15, 0.2) is 0 Å². The van der Waals surface area contributed by atoms with E-state index in [0.717, 1.165) is 18.0 Å². The van der Waals surface area contributed by atoms with Crippen molar-refractivity contribution in [2.24, 2.45) is 5.92 Å². The van der Waals surface area contributed by atoms with Crippen LogP contribution < -0.4 is 5.32 Å². The fourth-order valence-corrected chi connectivity index (χ4v) is 2.37. The van der Waals surface area contributed by atoms with Gasteiger partial charge in [0.25, 0.3) is 0 Å². The summed E-state index contributed by atoms with van der Waals surface area (Å²) in [7, 11) is 0. The highest BCUT2D eigenvalue weighted by molar-refractivity contribution is 4.86. The Hall–Kier alpha value is -0.0400. The zero-order chi connectivity index (χ0) is 8.39. The molecule has 0 spiro atoms. The van der Waals surface area contributed by atoms with Crippen LogP contribution in [0.5, 0.6) is 0 Å². The quantitative estimate of drug-likeness (QED) is 0.681. The van der Waals surface area contributed by atoms with Gasteiger partial charge in [0.1, 0.15) is 0 Å². The summed E-state index contributed by atoms with van der Waals surface area (Å²) in [6, 6.07) is 1.66. The maximum Gasteiger partial charge on any atom is 0.00696 e. The summed E-state index contributed by atoms with van der Waals surface area (Å²) in [6.07, 6.45) is 10.2. The van der Waals surface area contributed by atoms with E-state index in [1.165, 1.54) is 44.9 Å². The predicted octanol–water partition coefficient (Wildman–Crippen LogP) is 2.71. The van der Waals surface area contributed by atoms with Gasteiger partial charge in [-0.3, -0.25) is 0 Å². The molecule has 1 N–H and O–H groups in total. The molecular weight excluding hydrogens is 146 g/mol. The minimum Gasteiger partial charge on any atom is -0.311 e. The molecular formula is C11H21N. The van der Waals surface area contributed by atoms with E-state index in [9.17, 15) is 0 Å². The second-order valence-corrected chi connectivity index (χ2v) is 4.63. The Morgan fingerprint density at radius 3 is 2.25 bits per heavy atom. The molecule has 2 fully saturated rings. The van der Waals surface area contributed by atoms with E-state index in [2.05, 4.69) is 12.2 Å². The van der Waals surface area contributed by atoms with Gasteiger partial charge < -0.3 is 5.32 Å². The zero-order valence-corrected chi connectivity index (χ0v) is 8.18. The first-order chi connectivity index (χ1) is 5.86. The Morgan fingerprint density at radius 1 is 1.00 bits per heavy atom. The van der Waals surface area contributed by atoms with Gasteiger partial charge in [-0.1, -0.05) is 19.3 Å². The number of nitrogens with one attached hydrogen (secondary N) is 1. The van der Waals surface area contributed by atoms with E-state index in [-0.39, 0.29) is 0 Å². The van der Waals surface area contributed by atoms with E-state index >= 15 is 0 Å². The molecule has 70 valence electrons. The highest BCUT2D eigenvalue weighted by Crippen LogP contribution is 2.33. The second kappa shape index (κ2) is 3.78. The standard InChI is InChI=1S/C11H21N/c1-9(10-7-8-10)12-11-5-3-2-4-6-11/h9-12H,2-8H2,1H3. The van der Waals surface area contributed by atoms with E-state index in [1.54, 1.807) is 0 Å². The summed E-state index contributed by atoms with van der Waals surface area (Å²) in [5.41, 5.74) is 0. The predicted molar refractivity (Wildman–Crippen MR) is 52.2 cm³/mol. The molecule has 2 rings (SSSR count). The summed E-state index contributed by atoms with van der Waals surface area (Å²) < 4.78 is 0. The lowest BCUT2D eigenvalue weighted by Gasteiger charge is -2.26. The van der Waals surface area contributed by atoms with Crippen molar-refractivity contribution in [3.8, 4) is 0 Å². The SMILES string of the molecule is CC(NC1CCCCC1)C1CC1. The lowest BCUT2D eigenvalue weighted by Crippen LogP contribution is -2.38. The average molecular weight is 167 g/mol. The first-order valence-corrected chi connectivity index (χ1v) is 5.62. The molecule has 1 unspecified atom stereocenters. The Kier molecular flexibility index (Phi) is 2.69. The van der Waals surface area contributed by atoms with E-state index in [0.29, 0.717) is 0 Å². The molecule has 0 aromatic rings. The molecule has 0 aromatic heterocycles. The number of hydrogen-bond acceptors (Lipinski definition) is 1. The van der Waals surface area contributed by atoms with Crippen LogP contribution in [0.4, 0.5) is 0 Å². The molecule has 12 heavy (non-hydrogen) atoms. The summed E-state index contributed by atoms with van der Waals surface area (Å²) in [6.45, 7) is 2.37. The minimum atomic E-state index is 0.799. The highest BCUT2D eigenvalue weighted by atomic mass is 15.0. The van der Waals surface area contributed by atoms with Crippen molar-refractivity contribution in [2.75, 3.05) is 0 Å². The first-order valence-electron chi connectivity index (χ1n) is 5.62. The van der Waals surface area contributed by atoms with Gasteiger partial charge in [-0.05, 0) is 38.5 Å². The molecule has 0 radical (unpaired) electrons. The third-order valence-electron chi connectivity index (χ3n) is 3.43. The van der Waals surface area contributed by atoms with Crippen LogP contribution in [-0.2, 0) is 0 Å². The van der Waals surface area contributed by atoms with E-state index in [4.69, 9.17) is 0 Å². The Balaban J connectivity index is 1.69. The lowest BCUT2D eigenvalue weighted by atomic mass is 9.94. The van der Waals surface area contributed by atoms with Crippen molar-refractivity contribution in [1.29, 1.82) is 0 Å². The molecule has 0 bridgehead atoms. The average Bonchev–Trinajstić information content (AvgIpc) is 2.88. The minimum absolute atomic E-state index is 0.799. The Labute approximate surface area is 75.9 Å². The van der Waals surface area contributed by atoms with Crippen LogP contribution in [0.3, 0.4) is 0 Å². The molecule has 1 heteroatoms. The lowest BCUT2D eigenvalue weighted by molar-refractivity contribution is 0.330. The normalized spacial score (nSPS) is 28.8. The molecule has 0 saturated heterocycles. The van der Waals surface area contributed by atoms with Crippen molar-refractivity contribution in [1.82, 2.24) is 5.32 Å². The van der Waals surface area contributed by atoms with Crippen LogP contribution in [0, 0.1) is 5.92 Å². The largest absolute Gasteiger partial charge is 0.311 e. The van der Waals surface area contributed by atoms with Crippen LogP contribution in [-0.4, -0.2) is 12.1 Å². The Bertz CT molecular complexity index is 134. The Morgan fingerprint density at radius 2 is 1.67 bits per heavy atom. The van der Waals surface area contributed by atoms with Crippen LogP contribution in [0.2, 0.25) is 0 Å². The monoisotopic (exact) mass is 167 g/mol. The van der Waals surface area contributed by atoms with Crippen molar-refractivity contribution >= 4 is 0 Å². The maximum absolute atomic E-state index is 3.78. The molecule has 0 amide bonds. The fourth-order valence-electron chi connectivity index (χ4n) is 2.37. The van der Waals surface area contributed by atoms with Gasteiger partial charge in [0.05, 0.1) is 0 Å². The third kappa shape index (κ3) is 2.22. The summed E-state index contributed by atoms with van der Waals surface area (Å²) in [5.74, 6) is 1.02. The summed E-state index contributed by atoms with van der Waals surface area (Å²) in [4.78, 5) is 0. The second-order valence-electron chi connectivity index (χ2n) is 4.63. The van der Waals surface area contributed by atoms with Crippen LogP contribution >= 0.6 is 0 Å². The summed E-state index contributed by atoms with van der Waals surface area (Å²) in [5, 5.41) is 3.78. The van der Waals surface area contributed by atoms with Gasteiger partial charge >= 0.3 is 0 Å². The first kappa shape index (κ1) is 8.55. The topological polar surface area (TPSA) is 12.0 Å². The zero-order valence-electron chi connectivity index (χ0n) is 8.18. The number of rotatable bonds is 3. The van der Waals surface area contributed by atoms with Crippen LogP contribution in [0.25, 0.3) is 0 Å². The molecule has 2 saturated carbocycles. The smallest absolute Gasteiger partial charge is 0.00696 e. The van der Waals surface area contributed by atoms with Gasteiger partial charge in [-0.25, -0.2) is 0 Å². The molecule has 1 atom stereocenters. The molecule has 0 heterocycles. The molecule has 0 aliphatic heterocycles. The van der Waals surface area contributed by atoms with E-state index in [1.807, 2.05) is 0 Å². The molecule has 2 aliphatic carbocycles. The fraction of sp³-hybridized carbons (Fsp3) is 1.00. The van der Waals surface area contributed by atoms with E-state index < -0.39 is 0 Å². The van der Waals surface area contributed by atoms with Crippen molar-refractivity contribution < 1.29 is 0 Å². The third-order valence-corrected chi connectivity index (χ3v) is 3.43. The van der Waals surface area contributed by atoms with Crippen molar-refractivity contribution in [3.05, 3.63) is 0 Å². The van der Waals surface area contributed by atoms with Gasteiger partial charge in [0, 0.05) is 12.1 Å². The van der Waals surface area contributed by atoms with Gasteiger partial charge in [-0.15, -0.1) is 0 Å². The molecule has 2 aliphatic rings. The van der Waals surface area contributed by atoms with Crippen molar-refractivity contribution in [3.63, 3.8) is 0 Å². The number of hydrogen-bond donors (Lipinski definition) is 1.